The van der Waals surface area contributed by atoms with Crippen molar-refractivity contribution in [2.45, 2.75) is 103 Å². The van der Waals surface area contributed by atoms with Crippen molar-refractivity contribution < 1.29 is 29.0 Å². The van der Waals surface area contributed by atoms with Crippen LogP contribution in [0.25, 0.3) is 0 Å². The molecule has 1 aromatic rings. The van der Waals surface area contributed by atoms with E-state index < -0.39 is 11.0 Å². The van der Waals surface area contributed by atoms with Gasteiger partial charge in [0.15, 0.2) is 5.78 Å². The second-order valence-corrected chi connectivity index (χ2v) is 14.2. The van der Waals surface area contributed by atoms with Crippen LogP contribution in [0.5, 0.6) is 0 Å². The predicted molar refractivity (Wildman–Crippen MR) is 151 cm³/mol. The number of carbonyl (C=O) groups is 3. The quantitative estimate of drug-likeness (QED) is 0.332. The molecule has 0 radical (unpaired) electrons. The predicted octanol–water partition coefficient (Wildman–Crippen LogP) is 5.65. The molecule has 0 aromatic heterocycles. The van der Waals surface area contributed by atoms with Gasteiger partial charge in [-0.15, -0.1) is 0 Å². The summed E-state index contributed by atoms with van der Waals surface area (Å²) >= 11 is 2.25. The summed E-state index contributed by atoms with van der Waals surface area (Å²) in [7, 11) is 0. The van der Waals surface area contributed by atoms with E-state index >= 15 is 0 Å². The highest BCUT2D eigenvalue weighted by atomic mass is 127. The topological polar surface area (TPSA) is 89.9 Å². The third-order valence-electron chi connectivity index (χ3n) is 11.2. The highest BCUT2D eigenvalue weighted by Gasteiger charge is 2.68. The van der Waals surface area contributed by atoms with Crippen molar-refractivity contribution >= 4 is 40.3 Å². The van der Waals surface area contributed by atoms with Gasteiger partial charge in [-0.05, 0) is 122 Å². The van der Waals surface area contributed by atoms with Gasteiger partial charge in [-0.2, -0.15) is 0 Å². The van der Waals surface area contributed by atoms with E-state index in [9.17, 15) is 19.5 Å². The number of carbonyl (C=O) groups excluding carboxylic acids is 3. The first-order valence-electron chi connectivity index (χ1n) is 14.2. The molecule has 4 aliphatic carbocycles. The summed E-state index contributed by atoms with van der Waals surface area (Å²) < 4.78 is 13.1. The number of ketones is 1. The van der Waals surface area contributed by atoms with Crippen LogP contribution in [0.1, 0.15) is 84.6 Å². The number of aliphatic hydroxyl groups is 1. The van der Waals surface area contributed by atoms with E-state index in [-0.39, 0.29) is 59.5 Å². The summed E-state index contributed by atoms with van der Waals surface area (Å²) in [4.78, 5) is 37.8. The lowest BCUT2D eigenvalue weighted by Gasteiger charge is -2.63. The molecule has 1 aromatic carbocycles. The van der Waals surface area contributed by atoms with Crippen molar-refractivity contribution in [2.75, 3.05) is 0 Å². The molecule has 38 heavy (non-hydrogen) atoms. The number of fused-ring (bicyclic) bond motifs is 5. The van der Waals surface area contributed by atoms with Crippen molar-refractivity contribution in [3.8, 4) is 0 Å². The molecule has 0 aliphatic heterocycles. The van der Waals surface area contributed by atoms with Crippen molar-refractivity contribution in [1.82, 2.24) is 0 Å². The summed E-state index contributed by atoms with van der Waals surface area (Å²) in [5, 5.41) is 11.6. The smallest absolute Gasteiger partial charge is 0.310 e. The molecule has 0 heterocycles. The fourth-order valence-corrected chi connectivity index (χ4v) is 9.85. The first-order chi connectivity index (χ1) is 17.9. The maximum absolute atomic E-state index is 13.3. The highest BCUT2D eigenvalue weighted by Crippen LogP contribution is 2.68. The summed E-state index contributed by atoms with van der Waals surface area (Å²) in [5.41, 5.74) is -0.842. The molecule has 0 bridgehead atoms. The number of rotatable bonds is 5. The molecule has 0 spiro atoms. The Bertz CT molecular complexity index is 1120. The second kappa shape index (κ2) is 10.2. The van der Waals surface area contributed by atoms with Crippen LogP contribution in [-0.2, 0) is 30.3 Å². The highest BCUT2D eigenvalue weighted by molar-refractivity contribution is 14.1. The van der Waals surface area contributed by atoms with Crippen LogP contribution in [0.2, 0.25) is 0 Å². The third kappa shape index (κ3) is 4.63. The van der Waals surface area contributed by atoms with Gasteiger partial charge in [0, 0.05) is 21.8 Å². The van der Waals surface area contributed by atoms with E-state index in [1.165, 1.54) is 13.8 Å². The lowest BCUT2D eigenvalue weighted by atomic mass is 9.43. The molecule has 0 amide bonds. The minimum Gasteiger partial charge on any atom is -0.463 e. The molecule has 208 valence electrons. The van der Waals surface area contributed by atoms with Gasteiger partial charge in [-0.25, -0.2) is 0 Å². The van der Waals surface area contributed by atoms with Gasteiger partial charge in [0.05, 0.1) is 6.42 Å². The van der Waals surface area contributed by atoms with E-state index in [0.29, 0.717) is 12.3 Å². The van der Waals surface area contributed by atoms with Gasteiger partial charge in [-0.3, -0.25) is 14.4 Å². The van der Waals surface area contributed by atoms with Gasteiger partial charge in [0.2, 0.25) is 0 Å². The molecule has 6 nitrogen and oxygen atoms in total. The van der Waals surface area contributed by atoms with Crippen LogP contribution >= 0.6 is 22.6 Å². The SMILES string of the molecule is CC(=O)O[C@@H]1CC[C@@]2(C)[C@H](C1)C[C@@H](OC(=O)Cc1cccc(I)c1)[C@H]1[C@H]2CC[C@@]2(C)[C@@H]1CC[C@]2(O)C(C)=O. The Labute approximate surface area is 239 Å². The molecule has 4 aliphatic rings. The minimum atomic E-state index is -1.32. The lowest BCUT2D eigenvalue weighted by molar-refractivity contribution is -0.207. The van der Waals surface area contributed by atoms with Crippen molar-refractivity contribution in [2.24, 2.45) is 34.5 Å². The van der Waals surface area contributed by atoms with Crippen molar-refractivity contribution in [3.63, 3.8) is 0 Å². The number of esters is 2. The van der Waals surface area contributed by atoms with Crippen LogP contribution in [-0.4, -0.2) is 40.6 Å². The Morgan fingerprint density at radius 2 is 1.74 bits per heavy atom. The van der Waals surface area contributed by atoms with Crippen LogP contribution in [0.15, 0.2) is 24.3 Å². The zero-order valence-electron chi connectivity index (χ0n) is 23.0. The van der Waals surface area contributed by atoms with E-state index in [2.05, 4.69) is 36.4 Å². The first kappa shape index (κ1) is 28.1. The maximum atomic E-state index is 13.3. The summed E-state index contributed by atoms with van der Waals surface area (Å²) in [6.07, 6.45) is 6.17. The van der Waals surface area contributed by atoms with Crippen molar-refractivity contribution in [1.29, 1.82) is 0 Å². The number of benzene rings is 1. The van der Waals surface area contributed by atoms with Gasteiger partial charge in [0.1, 0.15) is 17.8 Å². The van der Waals surface area contributed by atoms with Gasteiger partial charge in [0.25, 0.3) is 0 Å². The number of Topliss-reactive ketones (excluding diaryl/α,β-unsaturated/α-hetero) is 1. The number of hydrogen-bond donors (Lipinski definition) is 1. The van der Waals surface area contributed by atoms with Gasteiger partial charge in [-0.1, -0.05) is 26.0 Å². The summed E-state index contributed by atoms with van der Waals surface area (Å²) in [6.45, 7) is 7.47. The Morgan fingerprint density at radius 1 is 1.00 bits per heavy atom. The number of hydrogen-bond acceptors (Lipinski definition) is 6. The second-order valence-electron chi connectivity index (χ2n) is 13.0. The number of ether oxygens (including phenoxy) is 2. The summed E-state index contributed by atoms with van der Waals surface area (Å²) in [6, 6.07) is 7.92. The average molecular weight is 637 g/mol. The molecular formula is C31H41IO6. The van der Waals surface area contributed by atoms with E-state index in [1.807, 2.05) is 24.3 Å². The zero-order chi connectivity index (χ0) is 27.5. The molecule has 7 heteroatoms. The first-order valence-corrected chi connectivity index (χ1v) is 15.3. The minimum absolute atomic E-state index is 0.0536. The average Bonchev–Trinajstić information content (AvgIpc) is 3.11. The Balaban J connectivity index is 1.46. The van der Waals surface area contributed by atoms with E-state index in [1.54, 1.807) is 0 Å². The monoisotopic (exact) mass is 636 g/mol. The van der Waals surface area contributed by atoms with Crippen molar-refractivity contribution in [3.05, 3.63) is 33.4 Å². The van der Waals surface area contributed by atoms with Crippen LogP contribution in [0.3, 0.4) is 0 Å². The standard InChI is InChI=1S/C31H41IO6/c1-18(33)31(36)13-10-25-28-24(9-12-30(25,31)4)29(3)11-8-23(37-19(2)34)16-21(29)17-26(28)38-27(35)15-20-6-5-7-22(32)14-20/h5-7,14,21,23-26,28,36H,8-13,15-17H2,1-4H3/t21-,23-,24-,25-,26-,28+,29+,30+,31+/m1/s1. The molecule has 0 saturated heterocycles. The molecule has 9 atom stereocenters. The van der Waals surface area contributed by atoms with Gasteiger partial charge >= 0.3 is 11.9 Å². The lowest BCUT2D eigenvalue weighted by Crippen LogP contribution is -2.62. The fraction of sp³-hybridized carbons (Fsp3) is 0.710. The Kier molecular flexibility index (Phi) is 7.51. The van der Waals surface area contributed by atoms with Gasteiger partial charge < -0.3 is 14.6 Å². The fourth-order valence-electron chi connectivity index (χ4n) is 9.24. The Morgan fingerprint density at radius 3 is 2.42 bits per heavy atom. The molecule has 4 fully saturated rings. The van der Waals surface area contributed by atoms with Crippen LogP contribution < -0.4 is 0 Å². The van der Waals surface area contributed by atoms with Crippen LogP contribution in [0, 0.1) is 38.1 Å². The normalized spacial score (nSPS) is 41.8. The van der Waals surface area contributed by atoms with Crippen LogP contribution in [0.4, 0.5) is 0 Å². The number of halogens is 1. The van der Waals surface area contributed by atoms with E-state index in [4.69, 9.17) is 9.47 Å². The largest absolute Gasteiger partial charge is 0.463 e. The molecule has 4 saturated carbocycles. The van der Waals surface area contributed by atoms with E-state index in [0.717, 1.165) is 54.1 Å². The Hall–Kier alpha value is -1.48. The molecule has 1 N–H and O–H groups in total. The molecular weight excluding hydrogens is 595 g/mol. The zero-order valence-corrected chi connectivity index (χ0v) is 25.2. The maximum Gasteiger partial charge on any atom is 0.310 e. The third-order valence-corrected chi connectivity index (χ3v) is 11.9. The molecule has 5 rings (SSSR count). The summed E-state index contributed by atoms with van der Waals surface area (Å²) in [5.74, 6) is 0.240. The molecule has 0 unspecified atom stereocenters.